The number of benzene rings is 1. The molecule has 2 aromatic rings. The third-order valence-electron chi connectivity index (χ3n) is 8.68. The van der Waals surface area contributed by atoms with Gasteiger partial charge in [-0.1, -0.05) is 6.07 Å². The summed E-state index contributed by atoms with van der Waals surface area (Å²) in [7, 11) is 1.31. The number of fused-ring (bicyclic) bond motifs is 1. The molecule has 2 saturated heterocycles. The zero-order valence-electron chi connectivity index (χ0n) is 25.9. The number of aromatic nitrogens is 1. The van der Waals surface area contributed by atoms with Gasteiger partial charge in [-0.05, 0) is 44.9 Å². The number of hydroxylamine groups is 2. The Labute approximate surface area is 266 Å². The van der Waals surface area contributed by atoms with Gasteiger partial charge in [-0.3, -0.25) is 19.5 Å². The van der Waals surface area contributed by atoms with Crippen molar-refractivity contribution in [2.24, 2.45) is 10.4 Å². The molecule has 0 radical (unpaired) electrons. The number of hydrogen-bond donors (Lipinski definition) is 2. The van der Waals surface area contributed by atoms with Gasteiger partial charge >= 0.3 is 11.9 Å². The maximum Gasteiger partial charge on any atom is 0.338 e. The fourth-order valence-corrected chi connectivity index (χ4v) is 6.65. The predicted octanol–water partition coefficient (Wildman–Crippen LogP) is 3.70. The molecule has 4 heterocycles. The molecule has 0 aliphatic carbocycles. The maximum absolute atomic E-state index is 15.8. The Bertz CT molecular complexity index is 1550. The van der Waals surface area contributed by atoms with E-state index in [1.807, 2.05) is 0 Å². The molecule has 2 N–H and O–H groups in total. The zero-order valence-corrected chi connectivity index (χ0v) is 26.7. The van der Waals surface area contributed by atoms with Crippen LogP contribution in [0, 0.1) is 24.0 Å². The summed E-state index contributed by atoms with van der Waals surface area (Å²) in [6.45, 7) is 4.57. The van der Waals surface area contributed by atoms with Crippen LogP contribution in [0.3, 0.4) is 0 Å². The van der Waals surface area contributed by atoms with E-state index in [1.165, 1.54) is 50.2 Å². The molecule has 2 fully saturated rings. The van der Waals surface area contributed by atoms with Crippen molar-refractivity contribution in [1.82, 2.24) is 20.3 Å². The first-order chi connectivity index (χ1) is 21.7. The van der Waals surface area contributed by atoms with Crippen molar-refractivity contribution >= 4 is 29.1 Å². The number of esters is 1. The van der Waals surface area contributed by atoms with E-state index in [4.69, 9.17) is 14.3 Å². The van der Waals surface area contributed by atoms with Crippen molar-refractivity contribution in [3.63, 3.8) is 0 Å². The second-order valence-corrected chi connectivity index (χ2v) is 12.8. The minimum absolute atomic E-state index is 0.00914. The molecule has 3 aliphatic rings. The van der Waals surface area contributed by atoms with Gasteiger partial charge in [0.1, 0.15) is 12.1 Å². The summed E-state index contributed by atoms with van der Waals surface area (Å²) in [4.78, 5) is 41.5. The Kier molecular flexibility index (Phi) is 9.57. The number of aliphatic imine (C=N–C) groups is 1. The van der Waals surface area contributed by atoms with E-state index < -0.39 is 65.7 Å². The number of nitrogens with one attached hydrogen (secondary N) is 1. The lowest BCUT2D eigenvalue weighted by Gasteiger charge is -2.34. The number of alkyl halides is 2. The molecular formula is C30H35F4N5O6S. The molecule has 1 aromatic carbocycles. The molecule has 250 valence electrons. The molecular weight excluding hydrogens is 634 g/mol. The van der Waals surface area contributed by atoms with Gasteiger partial charge < -0.3 is 19.9 Å². The Balaban J connectivity index is 1.53. The predicted molar refractivity (Wildman–Crippen MR) is 158 cm³/mol. The molecule has 3 aliphatic heterocycles. The van der Waals surface area contributed by atoms with Crippen LogP contribution in [-0.4, -0.2) is 102 Å². The number of carboxylic acid groups (broad SMARTS) is 1. The van der Waals surface area contributed by atoms with Gasteiger partial charge in [-0.25, -0.2) is 27.3 Å². The maximum atomic E-state index is 15.8. The average molecular weight is 670 g/mol. The number of thiazole rings is 1. The highest BCUT2D eigenvalue weighted by Crippen LogP contribution is 2.43. The lowest BCUT2D eigenvalue weighted by atomic mass is 9.86. The minimum atomic E-state index is -3.30. The normalized spacial score (nSPS) is 24.0. The Morgan fingerprint density at radius 2 is 2.04 bits per heavy atom. The molecule has 46 heavy (non-hydrogen) atoms. The number of nitrogens with zero attached hydrogens (tertiary/aromatic N) is 4. The number of carbonyl (C=O) groups excluding carboxylic acids is 1. The second kappa shape index (κ2) is 13.0. The van der Waals surface area contributed by atoms with E-state index in [9.17, 15) is 23.5 Å². The molecule has 16 heteroatoms. The van der Waals surface area contributed by atoms with Crippen LogP contribution >= 0.6 is 11.3 Å². The van der Waals surface area contributed by atoms with Crippen LogP contribution in [-0.2, 0) is 23.9 Å². The zero-order chi connectivity index (χ0) is 33.6. The number of carbonyl (C=O) groups is 2. The SMILES string of the molecule is CCOC(=O)C1=C(CN2CC(F)(F)[C@H]3[C@@H]2CON3C[C@H](OC)C(C)(C)C(=O)O)NC(c2nccs2)=N[C@@H]1c1ccc(F)c(F)c1C. The summed E-state index contributed by atoms with van der Waals surface area (Å²) < 4.78 is 71.2. The van der Waals surface area contributed by atoms with Gasteiger partial charge in [-0.15, -0.1) is 11.3 Å². The summed E-state index contributed by atoms with van der Waals surface area (Å²) in [6.07, 6.45) is 0.574. The van der Waals surface area contributed by atoms with Crippen molar-refractivity contribution < 1.29 is 46.6 Å². The Hall–Kier alpha value is -3.44. The van der Waals surface area contributed by atoms with Crippen LogP contribution in [0.4, 0.5) is 17.6 Å². The van der Waals surface area contributed by atoms with E-state index in [-0.39, 0.29) is 54.5 Å². The summed E-state index contributed by atoms with van der Waals surface area (Å²) in [6, 6.07) is -1.20. The van der Waals surface area contributed by atoms with Crippen molar-refractivity contribution in [3.8, 4) is 0 Å². The molecule has 1 aromatic heterocycles. The Morgan fingerprint density at radius 1 is 1.30 bits per heavy atom. The van der Waals surface area contributed by atoms with Crippen LogP contribution in [0.5, 0.6) is 0 Å². The van der Waals surface area contributed by atoms with Gasteiger partial charge in [0.25, 0.3) is 5.92 Å². The summed E-state index contributed by atoms with van der Waals surface area (Å²) in [5, 5.41) is 16.0. The summed E-state index contributed by atoms with van der Waals surface area (Å²) in [5.41, 5.74) is -1.12. The van der Waals surface area contributed by atoms with Gasteiger partial charge in [-0.2, -0.15) is 5.06 Å². The van der Waals surface area contributed by atoms with Crippen LogP contribution in [0.2, 0.25) is 0 Å². The lowest BCUT2D eigenvalue weighted by Crippen LogP contribution is -2.51. The van der Waals surface area contributed by atoms with Crippen molar-refractivity contribution in [2.75, 3.05) is 40.0 Å². The number of likely N-dealkylation sites (tertiary alicyclic amines) is 1. The van der Waals surface area contributed by atoms with Gasteiger partial charge in [0.2, 0.25) is 0 Å². The standard InChI is InChI=1S/C30H35F4N5O6S/c1-6-44-27(40)21-18(36-25(26-35-9-10-46-26)37-23(21)16-7-8-17(31)22(32)15(16)2)11-38-14-30(33,34)24-19(38)13-45-39(24)12-20(43-5)29(3,4)28(41)42/h7-10,19-20,23-24H,6,11-14H2,1-5H3,(H,36,37)(H,41,42)/t19-,20-,23+,24+/m0/s1. The van der Waals surface area contributed by atoms with Gasteiger partial charge in [0.05, 0.1) is 49.4 Å². The topological polar surface area (TPSA) is 126 Å². The number of hydrogen-bond acceptors (Lipinski definition) is 11. The second-order valence-electron chi connectivity index (χ2n) is 11.9. The smallest absolute Gasteiger partial charge is 0.338 e. The van der Waals surface area contributed by atoms with E-state index in [2.05, 4.69) is 15.3 Å². The van der Waals surface area contributed by atoms with Gasteiger partial charge in [0, 0.05) is 30.9 Å². The minimum Gasteiger partial charge on any atom is -0.481 e. The molecule has 0 bridgehead atoms. The first kappa shape index (κ1) is 33.9. The highest BCUT2D eigenvalue weighted by Gasteiger charge is 2.61. The Morgan fingerprint density at radius 3 is 2.67 bits per heavy atom. The molecule has 4 atom stereocenters. The monoisotopic (exact) mass is 669 g/mol. The number of ether oxygens (including phenoxy) is 2. The van der Waals surface area contributed by atoms with Crippen molar-refractivity contribution in [1.29, 1.82) is 0 Å². The number of amidine groups is 1. The van der Waals surface area contributed by atoms with E-state index in [0.717, 1.165) is 11.1 Å². The van der Waals surface area contributed by atoms with E-state index >= 15 is 8.78 Å². The molecule has 5 rings (SSSR count). The lowest BCUT2D eigenvalue weighted by molar-refractivity contribution is -0.205. The highest BCUT2D eigenvalue weighted by molar-refractivity contribution is 7.11. The third-order valence-corrected chi connectivity index (χ3v) is 9.46. The number of halogens is 4. The number of carboxylic acids is 1. The first-order valence-corrected chi connectivity index (χ1v) is 15.5. The van der Waals surface area contributed by atoms with Crippen LogP contribution in [0.25, 0.3) is 0 Å². The summed E-state index contributed by atoms with van der Waals surface area (Å²) in [5.74, 6) is -7.20. The van der Waals surface area contributed by atoms with Crippen LogP contribution < -0.4 is 5.32 Å². The fourth-order valence-electron chi connectivity index (χ4n) is 6.06. The number of rotatable bonds is 11. The summed E-state index contributed by atoms with van der Waals surface area (Å²) >= 11 is 1.24. The first-order valence-electron chi connectivity index (χ1n) is 14.6. The average Bonchev–Trinajstić information content (AvgIpc) is 3.73. The highest BCUT2D eigenvalue weighted by atomic mass is 32.1. The molecule has 11 nitrogen and oxygen atoms in total. The molecule has 0 unspecified atom stereocenters. The molecule has 0 saturated carbocycles. The van der Waals surface area contributed by atoms with E-state index in [0.29, 0.717) is 5.01 Å². The van der Waals surface area contributed by atoms with Gasteiger partial charge in [0.15, 0.2) is 22.5 Å². The van der Waals surface area contributed by atoms with E-state index in [1.54, 1.807) is 18.5 Å². The number of methoxy groups -OCH3 is 1. The van der Waals surface area contributed by atoms with Crippen molar-refractivity contribution in [2.45, 2.75) is 57.8 Å². The largest absolute Gasteiger partial charge is 0.481 e. The molecule has 0 spiro atoms. The molecule has 0 amide bonds. The fraction of sp³-hybridized carbons (Fsp3) is 0.533. The van der Waals surface area contributed by atoms with Crippen molar-refractivity contribution in [3.05, 3.63) is 62.7 Å². The van der Waals surface area contributed by atoms with Crippen LogP contribution in [0.1, 0.15) is 42.9 Å². The quantitative estimate of drug-likeness (QED) is 0.270. The third kappa shape index (κ3) is 6.15. The van der Waals surface area contributed by atoms with Crippen LogP contribution in [0.15, 0.2) is 40.0 Å². The number of aliphatic carboxylic acids is 1.